The van der Waals surface area contributed by atoms with Gasteiger partial charge in [-0.1, -0.05) is 13.8 Å². The minimum Gasteiger partial charge on any atom is -0.248 e. The molecular weight excluding hydrogens is 222 g/mol. The summed E-state index contributed by atoms with van der Waals surface area (Å²) in [5.74, 6) is 1.70. The molecule has 0 saturated carbocycles. The van der Waals surface area contributed by atoms with Crippen molar-refractivity contribution in [1.82, 2.24) is 14.8 Å². The third kappa shape index (κ3) is 4.12. The van der Waals surface area contributed by atoms with E-state index in [0.29, 0.717) is 12.0 Å². The molecule has 1 heterocycles. The van der Waals surface area contributed by atoms with Gasteiger partial charge >= 0.3 is 0 Å². The summed E-state index contributed by atoms with van der Waals surface area (Å²) in [5.41, 5.74) is 0. The Bertz CT molecular complexity index is 307. The Hall–Kier alpha value is -0.570. The van der Waals surface area contributed by atoms with E-state index in [2.05, 4.69) is 37.8 Å². The topological polar surface area (TPSA) is 30.7 Å². The van der Waals surface area contributed by atoms with E-state index < -0.39 is 0 Å². The number of rotatable bonds is 6. The summed E-state index contributed by atoms with van der Waals surface area (Å²) >= 11 is 6.27. The zero-order chi connectivity index (χ0) is 12.1. The van der Waals surface area contributed by atoms with Crippen LogP contribution in [0.5, 0.6) is 0 Å². The molecule has 0 amide bonds. The first-order chi connectivity index (χ1) is 7.50. The van der Waals surface area contributed by atoms with E-state index in [1.54, 1.807) is 6.33 Å². The smallest absolute Gasteiger partial charge is 0.138 e. The maximum absolute atomic E-state index is 6.27. The van der Waals surface area contributed by atoms with Gasteiger partial charge in [0.2, 0.25) is 0 Å². The molecule has 0 N–H and O–H groups in total. The van der Waals surface area contributed by atoms with Crippen molar-refractivity contribution in [2.75, 3.05) is 0 Å². The lowest BCUT2D eigenvalue weighted by Crippen LogP contribution is -2.11. The van der Waals surface area contributed by atoms with Crippen molar-refractivity contribution < 1.29 is 0 Å². The molecule has 0 aliphatic heterocycles. The molecule has 0 saturated heterocycles. The fraction of sp³-hybridized carbons (Fsp3) is 0.833. The summed E-state index contributed by atoms with van der Waals surface area (Å²) in [6.45, 7) is 8.63. The van der Waals surface area contributed by atoms with Gasteiger partial charge in [-0.05, 0) is 32.6 Å². The molecule has 0 fully saturated rings. The quantitative estimate of drug-likeness (QED) is 0.717. The van der Waals surface area contributed by atoms with Gasteiger partial charge in [-0.3, -0.25) is 0 Å². The molecule has 0 aliphatic rings. The van der Waals surface area contributed by atoms with Crippen molar-refractivity contribution in [3.63, 3.8) is 0 Å². The number of hydrogen-bond donors (Lipinski definition) is 0. The Morgan fingerprint density at radius 1 is 1.31 bits per heavy atom. The summed E-state index contributed by atoms with van der Waals surface area (Å²) in [5, 5.41) is 4.46. The van der Waals surface area contributed by atoms with Crippen LogP contribution in [0.25, 0.3) is 0 Å². The van der Waals surface area contributed by atoms with Gasteiger partial charge in [0.15, 0.2) is 0 Å². The second kappa shape index (κ2) is 6.24. The lowest BCUT2D eigenvalue weighted by atomic mass is 10.0. The Morgan fingerprint density at radius 2 is 2.00 bits per heavy atom. The molecule has 1 aromatic rings. The van der Waals surface area contributed by atoms with Crippen LogP contribution in [0.4, 0.5) is 0 Å². The normalized spacial score (nSPS) is 13.7. The average Bonchev–Trinajstić information content (AvgIpc) is 2.61. The Labute approximate surface area is 103 Å². The molecule has 4 heteroatoms. The van der Waals surface area contributed by atoms with Gasteiger partial charge in [-0.25, -0.2) is 9.67 Å². The van der Waals surface area contributed by atoms with Gasteiger partial charge in [-0.2, -0.15) is 5.10 Å². The molecule has 1 unspecified atom stereocenters. The second-order valence-electron chi connectivity index (χ2n) is 4.98. The molecule has 1 rings (SSSR count). The van der Waals surface area contributed by atoms with Crippen LogP contribution in [0.15, 0.2) is 6.33 Å². The van der Waals surface area contributed by atoms with Crippen molar-refractivity contribution in [3.8, 4) is 0 Å². The molecular formula is C12H22ClN3. The highest BCUT2D eigenvalue weighted by atomic mass is 35.5. The largest absolute Gasteiger partial charge is 0.248 e. The minimum atomic E-state index is 0.248. The number of halogens is 1. The van der Waals surface area contributed by atoms with Crippen LogP contribution >= 0.6 is 11.6 Å². The molecule has 1 atom stereocenters. The zero-order valence-corrected chi connectivity index (χ0v) is 11.4. The third-order valence-electron chi connectivity index (χ3n) is 2.54. The Kier molecular flexibility index (Phi) is 5.26. The molecule has 0 radical (unpaired) electrons. The molecule has 3 nitrogen and oxygen atoms in total. The zero-order valence-electron chi connectivity index (χ0n) is 10.7. The number of aromatic nitrogens is 3. The van der Waals surface area contributed by atoms with Gasteiger partial charge in [0.25, 0.3) is 0 Å². The fourth-order valence-electron chi connectivity index (χ4n) is 1.80. The summed E-state index contributed by atoms with van der Waals surface area (Å²) in [6, 6.07) is 0.372. The number of alkyl halides is 1. The highest BCUT2D eigenvalue weighted by Gasteiger charge is 2.11. The second-order valence-corrected chi connectivity index (χ2v) is 5.60. The lowest BCUT2D eigenvalue weighted by molar-refractivity contribution is 0.488. The summed E-state index contributed by atoms with van der Waals surface area (Å²) in [6.07, 6.45) is 4.59. The minimum absolute atomic E-state index is 0.248. The first kappa shape index (κ1) is 13.5. The van der Waals surface area contributed by atoms with Crippen LogP contribution in [-0.4, -0.2) is 20.1 Å². The van der Waals surface area contributed by atoms with Gasteiger partial charge in [0, 0.05) is 17.8 Å². The maximum atomic E-state index is 6.27. The van der Waals surface area contributed by atoms with Gasteiger partial charge in [0.05, 0.1) is 0 Å². The standard InChI is InChI=1S/C12H22ClN3/c1-9(2)7-11(13)5-6-12-14-8-15-16(12)10(3)4/h8-11H,5-7H2,1-4H3. The van der Waals surface area contributed by atoms with E-state index in [0.717, 1.165) is 25.1 Å². The van der Waals surface area contributed by atoms with Gasteiger partial charge in [-0.15, -0.1) is 11.6 Å². The van der Waals surface area contributed by atoms with Crippen LogP contribution in [0.1, 0.15) is 52.4 Å². The summed E-state index contributed by atoms with van der Waals surface area (Å²) < 4.78 is 1.97. The van der Waals surface area contributed by atoms with Crippen molar-refractivity contribution in [2.45, 2.75) is 58.4 Å². The fourth-order valence-corrected chi connectivity index (χ4v) is 2.26. The third-order valence-corrected chi connectivity index (χ3v) is 2.94. The molecule has 0 aliphatic carbocycles. The van der Waals surface area contributed by atoms with Crippen molar-refractivity contribution in [3.05, 3.63) is 12.2 Å². The van der Waals surface area contributed by atoms with Gasteiger partial charge in [0.1, 0.15) is 12.2 Å². The van der Waals surface area contributed by atoms with Crippen LogP contribution in [-0.2, 0) is 6.42 Å². The lowest BCUT2D eigenvalue weighted by Gasteiger charge is -2.13. The molecule has 1 aromatic heterocycles. The monoisotopic (exact) mass is 243 g/mol. The molecule has 0 bridgehead atoms. The highest BCUT2D eigenvalue weighted by Crippen LogP contribution is 2.17. The number of nitrogens with zero attached hydrogens (tertiary/aromatic N) is 3. The first-order valence-corrected chi connectivity index (χ1v) is 6.46. The predicted octanol–water partition coefficient (Wildman–Crippen LogP) is 3.45. The molecule has 0 aromatic carbocycles. The van der Waals surface area contributed by atoms with Crippen LogP contribution < -0.4 is 0 Å². The Balaban J connectivity index is 2.45. The summed E-state index contributed by atoms with van der Waals surface area (Å²) in [7, 11) is 0. The van der Waals surface area contributed by atoms with E-state index in [1.165, 1.54) is 0 Å². The highest BCUT2D eigenvalue weighted by molar-refractivity contribution is 6.20. The van der Waals surface area contributed by atoms with Crippen molar-refractivity contribution in [1.29, 1.82) is 0 Å². The van der Waals surface area contributed by atoms with E-state index >= 15 is 0 Å². The van der Waals surface area contributed by atoms with E-state index in [-0.39, 0.29) is 5.38 Å². The Morgan fingerprint density at radius 3 is 2.56 bits per heavy atom. The number of hydrogen-bond acceptors (Lipinski definition) is 2. The molecule has 16 heavy (non-hydrogen) atoms. The van der Waals surface area contributed by atoms with E-state index in [1.807, 2.05) is 4.68 Å². The molecule has 0 spiro atoms. The van der Waals surface area contributed by atoms with Crippen LogP contribution in [0, 0.1) is 5.92 Å². The average molecular weight is 244 g/mol. The van der Waals surface area contributed by atoms with E-state index in [4.69, 9.17) is 11.6 Å². The van der Waals surface area contributed by atoms with Crippen molar-refractivity contribution in [2.24, 2.45) is 5.92 Å². The van der Waals surface area contributed by atoms with E-state index in [9.17, 15) is 0 Å². The maximum Gasteiger partial charge on any atom is 0.138 e. The number of aryl methyl sites for hydroxylation is 1. The molecule has 92 valence electrons. The predicted molar refractivity (Wildman–Crippen MR) is 67.8 cm³/mol. The summed E-state index contributed by atoms with van der Waals surface area (Å²) in [4.78, 5) is 4.28. The van der Waals surface area contributed by atoms with Crippen LogP contribution in [0.2, 0.25) is 0 Å². The first-order valence-electron chi connectivity index (χ1n) is 6.03. The SMILES string of the molecule is CC(C)CC(Cl)CCc1ncnn1C(C)C. The van der Waals surface area contributed by atoms with Gasteiger partial charge < -0.3 is 0 Å². The van der Waals surface area contributed by atoms with Crippen molar-refractivity contribution >= 4 is 11.6 Å². The van der Waals surface area contributed by atoms with Crippen LogP contribution in [0.3, 0.4) is 0 Å².